The minimum absolute atomic E-state index is 0.203. The summed E-state index contributed by atoms with van der Waals surface area (Å²) < 4.78 is 15.8. The number of imide groups is 1. The molecule has 0 atom stereocenters. The van der Waals surface area contributed by atoms with Crippen LogP contribution in [0.5, 0.6) is 5.75 Å². The number of amides is 4. The van der Waals surface area contributed by atoms with E-state index in [9.17, 15) is 14.4 Å². The Balaban J connectivity index is 1.86. The molecule has 4 amide bonds. The minimum atomic E-state index is -0.514. The van der Waals surface area contributed by atoms with Crippen molar-refractivity contribution in [2.24, 2.45) is 5.73 Å². The van der Waals surface area contributed by atoms with Crippen molar-refractivity contribution in [2.75, 3.05) is 58.1 Å². The molecule has 28 heavy (non-hydrogen) atoms. The van der Waals surface area contributed by atoms with Crippen LogP contribution < -0.4 is 26.0 Å². The van der Waals surface area contributed by atoms with Gasteiger partial charge in [0.25, 0.3) is 5.91 Å². The SMILES string of the molecule is COc1cc(C(=O)NCCOCCOCCN)ccc1N1CCC(=O)NC1=O. The molecule has 2 rings (SSSR count). The van der Waals surface area contributed by atoms with E-state index in [0.29, 0.717) is 56.5 Å². The summed E-state index contributed by atoms with van der Waals surface area (Å²) >= 11 is 0. The van der Waals surface area contributed by atoms with Crippen LogP contribution in [0, 0.1) is 0 Å². The molecule has 1 heterocycles. The van der Waals surface area contributed by atoms with Gasteiger partial charge in [0.2, 0.25) is 5.91 Å². The molecule has 10 heteroatoms. The summed E-state index contributed by atoms with van der Waals surface area (Å²) in [6, 6.07) is 4.25. The molecule has 1 aliphatic heterocycles. The molecule has 1 aliphatic rings. The second-order valence-electron chi connectivity index (χ2n) is 5.91. The number of carbonyl (C=O) groups is 3. The van der Waals surface area contributed by atoms with Crippen molar-refractivity contribution in [1.82, 2.24) is 10.6 Å². The summed E-state index contributed by atoms with van der Waals surface area (Å²) in [4.78, 5) is 37.0. The van der Waals surface area contributed by atoms with E-state index in [2.05, 4.69) is 10.6 Å². The molecule has 1 aromatic rings. The summed E-state index contributed by atoms with van der Waals surface area (Å²) in [5.41, 5.74) is 6.19. The van der Waals surface area contributed by atoms with Crippen molar-refractivity contribution < 1.29 is 28.6 Å². The lowest BCUT2D eigenvalue weighted by molar-refractivity contribution is -0.120. The van der Waals surface area contributed by atoms with Gasteiger partial charge < -0.3 is 25.3 Å². The fourth-order valence-electron chi connectivity index (χ4n) is 2.58. The van der Waals surface area contributed by atoms with E-state index in [-0.39, 0.29) is 24.8 Å². The monoisotopic (exact) mass is 394 g/mol. The number of rotatable bonds is 11. The lowest BCUT2D eigenvalue weighted by Gasteiger charge is -2.28. The van der Waals surface area contributed by atoms with Gasteiger partial charge in [-0.15, -0.1) is 0 Å². The molecule has 4 N–H and O–H groups in total. The van der Waals surface area contributed by atoms with Gasteiger partial charge in [0, 0.05) is 31.6 Å². The van der Waals surface area contributed by atoms with Gasteiger partial charge in [0.15, 0.2) is 0 Å². The Morgan fingerprint density at radius 3 is 2.64 bits per heavy atom. The number of benzene rings is 1. The minimum Gasteiger partial charge on any atom is -0.495 e. The van der Waals surface area contributed by atoms with Crippen LogP contribution in [0.15, 0.2) is 18.2 Å². The van der Waals surface area contributed by atoms with E-state index < -0.39 is 6.03 Å². The van der Waals surface area contributed by atoms with E-state index in [1.165, 1.54) is 12.0 Å². The predicted octanol–water partition coefficient (Wildman–Crippen LogP) is -0.137. The lowest BCUT2D eigenvalue weighted by atomic mass is 10.1. The Hall–Kier alpha value is -2.69. The number of urea groups is 1. The Bertz CT molecular complexity index is 697. The van der Waals surface area contributed by atoms with Crippen molar-refractivity contribution >= 4 is 23.5 Å². The van der Waals surface area contributed by atoms with Crippen molar-refractivity contribution in [1.29, 1.82) is 0 Å². The molecule has 0 radical (unpaired) electrons. The van der Waals surface area contributed by atoms with E-state index in [1.807, 2.05) is 0 Å². The molecule has 0 saturated carbocycles. The van der Waals surface area contributed by atoms with Crippen LogP contribution in [0.2, 0.25) is 0 Å². The van der Waals surface area contributed by atoms with Gasteiger partial charge in [-0.1, -0.05) is 0 Å². The molecular weight excluding hydrogens is 368 g/mol. The van der Waals surface area contributed by atoms with Crippen LogP contribution in [0.4, 0.5) is 10.5 Å². The first-order chi connectivity index (χ1) is 13.6. The molecule has 0 bridgehead atoms. The first-order valence-corrected chi connectivity index (χ1v) is 9.00. The number of hydrogen-bond acceptors (Lipinski definition) is 7. The van der Waals surface area contributed by atoms with E-state index in [0.717, 1.165) is 0 Å². The average Bonchev–Trinajstić information content (AvgIpc) is 2.69. The first-order valence-electron chi connectivity index (χ1n) is 9.00. The molecule has 0 aromatic heterocycles. The zero-order valence-corrected chi connectivity index (χ0v) is 15.9. The van der Waals surface area contributed by atoms with Crippen molar-refractivity contribution in [3.05, 3.63) is 23.8 Å². The quantitative estimate of drug-likeness (QED) is 0.445. The highest BCUT2D eigenvalue weighted by molar-refractivity contribution is 6.06. The molecule has 0 spiro atoms. The second-order valence-corrected chi connectivity index (χ2v) is 5.91. The van der Waals surface area contributed by atoms with Crippen LogP contribution in [0.3, 0.4) is 0 Å². The van der Waals surface area contributed by atoms with Gasteiger partial charge >= 0.3 is 6.03 Å². The van der Waals surface area contributed by atoms with E-state index in [1.54, 1.807) is 18.2 Å². The summed E-state index contributed by atoms with van der Waals surface area (Å²) in [6.45, 7) is 2.80. The maximum Gasteiger partial charge on any atom is 0.328 e. The number of nitrogens with zero attached hydrogens (tertiary/aromatic N) is 1. The van der Waals surface area contributed by atoms with Gasteiger partial charge in [-0.05, 0) is 18.2 Å². The van der Waals surface area contributed by atoms with Gasteiger partial charge in [-0.25, -0.2) is 4.79 Å². The highest BCUT2D eigenvalue weighted by atomic mass is 16.5. The molecule has 1 fully saturated rings. The largest absolute Gasteiger partial charge is 0.495 e. The molecule has 154 valence electrons. The van der Waals surface area contributed by atoms with E-state index in [4.69, 9.17) is 19.9 Å². The standard InChI is InChI=1S/C18H26N4O6/c1-26-15-12-13(17(24)20-6-9-28-11-10-27-8-5-19)2-3-14(15)22-7-4-16(23)21-18(22)25/h2-3,12H,4-11,19H2,1H3,(H,20,24)(H,21,23,25). The van der Waals surface area contributed by atoms with Gasteiger partial charge in [0.05, 0.1) is 39.2 Å². The third-order valence-electron chi connectivity index (χ3n) is 3.95. The summed E-state index contributed by atoms with van der Waals surface area (Å²) in [5.74, 6) is -0.235. The Morgan fingerprint density at radius 2 is 1.96 bits per heavy atom. The smallest absolute Gasteiger partial charge is 0.328 e. The maximum atomic E-state index is 12.3. The Kier molecular flexibility index (Phi) is 8.66. The van der Waals surface area contributed by atoms with Gasteiger partial charge in [-0.3, -0.25) is 19.8 Å². The Morgan fingerprint density at radius 1 is 1.21 bits per heavy atom. The van der Waals surface area contributed by atoms with Gasteiger partial charge in [-0.2, -0.15) is 0 Å². The van der Waals surface area contributed by atoms with Gasteiger partial charge in [0.1, 0.15) is 5.75 Å². The number of carbonyl (C=O) groups excluding carboxylic acids is 3. The maximum absolute atomic E-state index is 12.3. The third-order valence-corrected chi connectivity index (χ3v) is 3.95. The average molecular weight is 394 g/mol. The van der Waals surface area contributed by atoms with Crippen molar-refractivity contribution in [2.45, 2.75) is 6.42 Å². The molecule has 10 nitrogen and oxygen atoms in total. The van der Waals surface area contributed by atoms with Crippen molar-refractivity contribution in [3.63, 3.8) is 0 Å². The molecule has 1 aromatic carbocycles. The zero-order chi connectivity index (χ0) is 20.4. The number of methoxy groups -OCH3 is 1. The van der Waals surface area contributed by atoms with Crippen LogP contribution in [0.1, 0.15) is 16.8 Å². The lowest BCUT2D eigenvalue weighted by Crippen LogP contribution is -2.49. The molecular formula is C18H26N4O6. The highest BCUT2D eigenvalue weighted by Crippen LogP contribution is 2.30. The number of ether oxygens (including phenoxy) is 3. The summed E-state index contributed by atoms with van der Waals surface area (Å²) in [6.07, 6.45) is 0.203. The summed E-state index contributed by atoms with van der Waals surface area (Å²) in [7, 11) is 1.45. The van der Waals surface area contributed by atoms with Crippen LogP contribution in [-0.4, -0.2) is 71.0 Å². The topological polar surface area (TPSA) is 132 Å². The number of hydrogen-bond donors (Lipinski definition) is 3. The Labute approximate surface area is 163 Å². The molecule has 1 saturated heterocycles. The normalized spacial score (nSPS) is 14.0. The fourth-order valence-corrected chi connectivity index (χ4v) is 2.58. The van der Waals surface area contributed by atoms with Crippen LogP contribution in [-0.2, 0) is 14.3 Å². The van der Waals surface area contributed by atoms with E-state index >= 15 is 0 Å². The zero-order valence-electron chi connectivity index (χ0n) is 15.9. The highest BCUT2D eigenvalue weighted by Gasteiger charge is 2.26. The number of anilines is 1. The second kappa shape index (κ2) is 11.2. The molecule has 0 aliphatic carbocycles. The number of nitrogens with one attached hydrogen (secondary N) is 2. The fraction of sp³-hybridized carbons (Fsp3) is 0.500. The third kappa shape index (κ3) is 6.19. The molecule has 0 unspecified atom stereocenters. The predicted molar refractivity (Wildman–Crippen MR) is 102 cm³/mol. The first kappa shape index (κ1) is 21.6. The van der Waals surface area contributed by atoms with Crippen LogP contribution >= 0.6 is 0 Å². The van der Waals surface area contributed by atoms with Crippen molar-refractivity contribution in [3.8, 4) is 5.75 Å². The number of nitrogens with two attached hydrogens (primary N) is 1. The van der Waals surface area contributed by atoms with Crippen LogP contribution in [0.25, 0.3) is 0 Å². The summed E-state index contributed by atoms with van der Waals surface area (Å²) in [5, 5.41) is 5.00.